The van der Waals surface area contributed by atoms with Crippen molar-refractivity contribution >= 4 is 5.97 Å². The summed E-state index contributed by atoms with van der Waals surface area (Å²) in [5.41, 5.74) is -0.0761. The zero-order valence-electron chi connectivity index (χ0n) is 12.0. The molecule has 0 radical (unpaired) electrons. The normalized spacial score (nSPS) is 10.4. The molecule has 8 heteroatoms. The Morgan fingerprint density at radius 3 is 2.65 bits per heavy atom. The number of halogens is 2. The van der Waals surface area contributed by atoms with Crippen LogP contribution in [-0.4, -0.2) is 28.2 Å². The molecule has 0 aliphatic heterocycles. The van der Waals surface area contributed by atoms with Gasteiger partial charge in [-0.25, -0.2) is 13.6 Å². The fourth-order valence-corrected chi connectivity index (χ4v) is 2.02. The number of pyridine rings is 2. The summed E-state index contributed by atoms with van der Waals surface area (Å²) in [6.07, 6.45) is -0.658. The fourth-order valence-electron chi connectivity index (χ4n) is 2.02. The fraction of sp³-hybridized carbons (Fsp3) is 0.200. The number of carboxylic acids is 1. The molecule has 0 aliphatic carbocycles. The van der Waals surface area contributed by atoms with E-state index in [1.807, 2.05) is 6.07 Å². The van der Waals surface area contributed by atoms with Gasteiger partial charge in [0.2, 0.25) is 0 Å². The van der Waals surface area contributed by atoms with E-state index < -0.39 is 18.1 Å². The Kier molecular flexibility index (Phi) is 4.81. The molecule has 2 rings (SSSR count). The topological polar surface area (TPSA) is 96.1 Å². The third kappa shape index (κ3) is 3.40. The van der Waals surface area contributed by atoms with Crippen LogP contribution in [-0.2, 0) is 6.42 Å². The molecule has 0 atom stereocenters. The third-order valence-electron chi connectivity index (χ3n) is 3.07. The minimum atomic E-state index is -2.81. The molecule has 0 amide bonds. The molecule has 0 saturated carbocycles. The lowest BCUT2D eigenvalue weighted by atomic mass is 9.99. The number of methoxy groups -OCH3 is 1. The van der Waals surface area contributed by atoms with Crippen molar-refractivity contribution in [2.75, 3.05) is 7.11 Å². The smallest absolute Gasteiger partial charge is 0.337 e. The highest BCUT2D eigenvalue weighted by Crippen LogP contribution is 2.34. The number of carbonyl (C=O) groups is 1. The Morgan fingerprint density at radius 1 is 1.35 bits per heavy atom. The van der Waals surface area contributed by atoms with Crippen LogP contribution in [0, 0.1) is 11.3 Å². The Hall–Kier alpha value is -3.08. The van der Waals surface area contributed by atoms with Crippen molar-refractivity contribution in [3.63, 3.8) is 0 Å². The van der Waals surface area contributed by atoms with E-state index >= 15 is 0 Å². The number of nitrogens with zero attached hydrogens (tertiary/aromatic N) is 3. The lowest BCUT2D eigenvalue weighted by molar-refractivity contribution is 0.0697. The molecule has 23 heavy (non-hydrogen) atoms. The Balaban J connectivity index is 2.72. The molecule has 0 bridgehead atoms. The number of hydrogen-bond donors (Lipinski definition) is 1. The van der Waals surface area contributed by atoms with Gasteiger partial charge in [-0.05, 0) is 12.1 Å². The molecule has 0 aromatic carbocycles. The maximum Gasteiger partial charge on any atom is 0.337 e. The minimum absolute atomic E-state index is 0.0397. The predicted octanol–water partition coefficient (Wildman–Crippen LogP) is 2.85. The molecule has 0 aliphatic rings. The zero-order chi connectivity index (χ0) is 17.0. The first kappa shape index (κ1) is 16.3. The van der Waals surface area contributed by atoms with Gasteiger partial charge >= 0.3 is 5.97 Å². The summed E-state index contributed by atoms with van der Waals surface area (Å²) in [6, 6.07) is 4.34. The van der Waals surface area contributed by atoms with E-state index in [2.05, 4.69) is 9.97 Å². The second-order valence-corrected chi connectivity index (χ2v) is 4.47. The van der Waals surface area contributed by atoms with E-state index in [0.29, 0.717) is 5.69 Å². The number of rotatable bonds is 5. The van der Waals surface area contributed by atoms with Gasteiger partial charge in [0, 0.05) is 17.3 Å². The average molecular weight is 319 g/mol. The van der Waals surface area contributed by atoms with Crippen LogP contribution in [0.4, 0.5) is 8.78 Å². The highest BCUT2D eigenvalue weighted by Gasteiger charge is 2.20. The van der Waals surface area contributed by atoms with Gasteiger partial charge in [-0.1, -0.05) is 0 Å². The Labute approximate surface area is 130 Å². The maximum absolute atomic E-state index is 12.9. The maximum atomic E-state index is 12.9. The van der Waals surface area contributed by atoms with E-state index in [-0.39, 0.29) is 28.9 Å². The number of hydrogen-bond acceptors (Lipinski definition) is 5. The van der Waals surface area contributed by atoms with Crippen LogP contribution < -0.4 is 4.74 Å². The highest BCUT2D eigenvalue weighted by atomic mass is 19.3. The largest absolute Gasteiger partial charge is 0.494 e. The number of alkyl halides is 2. The molecule has 2 aromatic rings. The molecule has 118 valence electrons. The van der Waals surface area contributed by atoms with Crippen molar-refractivity contribution in [2.24, 2.45) is 0 Å². The van der Waals surface area contributed by atoms with Crippen molar-refractivity contribution in [2.45, 2.75) is 12.8 Å². The summed E-state index contributed by atoms with van der Waals surface area (Å²) < 4.78 is 30.8. The van der Waals surface area contributed by atoms with Crippen LogP contribution in [0.1, 0.15) is 28.2 Å². The molecule has 0 spiro atoms. The van der Waals surface area contributed by atoms with Crippen molar-refractivity contribution in [3.8, 4) is 22.9 Å². The molecular weight excluding hydrogens is 308 g/mol. The van der Waals surface area contributed by atoms with Gasteiger partial charge in [0.25, 0.3) is 6.43 Å². The predicted molar refractivity (Wildman–Crippen MR) is 75.3 cm³/mol. The highest BCUT2D eigenvalue weighted by molar-refractivity contribution is 5.96. The summed E-state index contributed by atoms with van der Waals surface area (Å²) in [6.45, 7) is 0. The van der Waals surface area contributed by atoms with Crippen molar-refractivity contribution in [1.82, 2.24) is 9.97 Å². The minimum Gasteiger partial charge on any atom is -0.494 e. The Bertz CT molecular complexity index is 788. The number of aromatic carboxylic acids is 1. The summed E-state index contributed by atoms with van der Waals surface area (Å²) in [5, 5.41) is 18.0. The van der Waals surface area contributed by atoms with Gasteiger partial charge in [0.1, 0.15) is 11.4 Å². The lowest BCUT2D eigenvalue weighted by Gasteiger charge is -2.13. The number of ether oxygens (including phenoxy) is 1. The number of aromatic nitrogens is 2. The molecule has 0 fully saturated rings. The summed E-state index contributed by atoms with van der Waals surface area (Å²) in [7, 11) is 1.32. The monoisotopic (exact) mass is 319 g/mol. The second-order valence-electron chi connectivity index (χ2n) is 4.47. The standard InChI is InChI=1S/C15H11F2N3O3/c1-23-13-7-20-12(14(16)17)5-10(13)9-4-8(2-3-18)19-6-11(9)15(21)22/h4-7,14H,2H2,1H3,(H,21,22). The van der Waals surface area contributed by atoms with E-state index in [1.165, 1.54) is 13.2 Å². The molecular formula is C15H11F2N3O3. The Morgan fingerprint density at radius 2 is 2.09 bits per heavy atom. The number of carboxylic acid groups (broad SMARTS) is 1. The molecule has 2 aromatic heterocycles. The van der Waals surface area contributed by atoms with Gasteiger partial charge in [-0.2, -0.15) is 5.26 Å². The van der Waals surface area contributed by atoms with Crippen molar-refractivity contribution in [3.05, 3.63) is 41.5 Å². The second kappa shape index (κ2) is 6.79. The lowest BCUT2D eigenvalue weighted by Crippen LogP contribution is -2.04. The molecule has 0 saturated heterocycles. The van der Waals surface area contributed by atoms with E-state index in [4.69, 9.17) is 10.00 Å². The first-order chi connectivity index (χ1) is 11.0. The zero-order valence-corrected chi connectivity index (χ0v) is 12.0. The van der Waals surface area contributed by atoms with Crippen molar-refractivity contribution in [1.29, 1.82) is 5.26 Å². The summed E-state index contributed by atoms with van der Waals surface area (Å²) in [4.78, 5) is 18.8. The van der Waals surface area contributed by atoms with Crippen LogP contribution in [0.2, 0.25) is 0 Å². The van der Waals surface area contributed by atoms with Crippen LogP contribution in [0.3, 0.4) is 0 Å². The van der Waals surface area contributed by atoms with E-state index in [0.717, 1.165) is 18.5 Å². The molecule has 2 heterocycles. The SMILES string of the molecule is COc1cnc(C(F)F)cc1-c1cc(CC#N)ncc1C(=O)O. The summed E-state index contributed by atoms with van der Waals surface area (Å²) in [5.74, 6) is -1.13. The number of nitriles is 1. The van der Waals surface area contributed by atoms with Crippen LogP contribution in [0.15, 0.2) is 24.5 Å². The van der Waals surface area contributed by atoms with Gasteiger partial charge in [0.05, 0.1) is 37.1 Å². The van der Waals surface area contributed by atoms with Gasteiger partial charge in [-0.3, -0.25) is 9.97 Å². The summed E-state index contributed by atoms with van der Waals surface area (Å²) >= 11 is 0. The molecule has 1 N–H and O–H groups in total. The van der Waals surface area contributed by atoms with Crippen LogP contribution in [0.25, 0.3) is 11.1 Å². The average Bonchev–Trinajstić information content (AvgIpc) is 2.54. The third-order valence-corrected chi connectivity index (χ3v) is 3.07. The van der Waals surface area contributed by atoms with Gasteiger partial charge in [-0.15, -0.1) is 0 Å². The van der Waals surface area contributed by atoms with Crippen LogP contribution >= 0.6 is 0 Å². The van der Waals surface area contributed by atoms with Gasteiger partial charge in [0.15, 0.2) is 0 Å². The van der Waals surface area contributed by atoms with Crippen LogP contribution in [0.5, 0.6) is 5.75 Å². The van der Waals surface area contributed by atoms with E-state index in [1.54, 1.807) is 0 Å². The van der Waals surface area contributed by atoms with E-state index in [9.17, 15) is 18.7 Å². The quantitative estimate of drug-likeness (QED) is 0.910. The molecule has 0 unspecified atom stereocenters. The van der Waals surface area contributed by atoms with Crippen molar-refractivity contribution < 1.29 is 23.4 Å². The molecule has 6 nitrogen and oxygen atoms in total. The van der Waals surface area contributed by atoms with Gasteiger partial charge < -0.3 is 9.84 Å². The first-order valence-corrected chi connectivity index (χ1v) is 6.39. The first-order valence-electron chi connectivity index (χ1n) is 6.39.